The molecular weight excluding hydrogens is 402 g/mol. The molecule has 2 aromatic carbocycles. The van der Waals surface area contributed by atoms with E-state index in [9.17, 15) is 4.79 Å². The summed E-state index contributed by atoms with van der Waals surface area (Å²) in [4.78, 5) is 12.5. The van der Waals surface area contributed by atoms with E-state index in [2.05, 4.69) is 50.4 Å². The molecule has 0 amide bonds. The van der Waals surface area contributed by atoms with Gasteiger partial charge in [-0.05, 0) is 66.3 Å². The number of aryl methyl sites for hydroxylation is 1. The standard InChI is InChI=1S/C27H37NO2S/c1-5-31-26(28-20(3)17-21-12-7-6-8-13-21)22-15-16-24(27(29)30-4)25(18-22)23-14-10-9-11-19(23)2/h9-11,14-16,18,20-21,26,28H,5-8,12-13,17H2,1-4H3. The molecule has 0 bridgehead atoms. The fraction of sp³-hybridized carbons (Fsp3) is 0.519. The van der Waals surface area contributed by atoms with Crippen molar-refractivity contribution in [3.63, 3.8) is 0 Å². The molecule has 1 aliphatic carbocycles. The quantitative estimate of drug-likeness (QED) is 0.333. The van der Waals surface area contributed by atoms with Crippen LogP contribution in [-0.2, 0) is 4.74 Å². The Morgan fingerprint density at radius 1 is 1.13 bits per heavy atom. The Kier molecular flexibility index (Phi) is 9.03. The van der Waals surface area contributed by atoms with E-state index < -0.39 is 0 Å². The van der Waals surface area contributed by atoms with Crippen molar-refractivity contribution in [1.82, 2.24) is 5.32 Å². The second-order valence-electron chi connectivity index (χ2n) is 8.75. The van der Waals surface area contributed by atoms with Crippen LogP contribution in [0, 0.1) is 12.8 Å². The number of carbonyl (C=O) groups excluding carboxylic acids is 1. The lowest BCUT2D eigenvalue weighted by Gasteiger charge is -2.28. The molecule has 0 spiro atoms. The van der Waals surface area contributed by atoms with Gasteiger partial charge in [0.15, 0.2) is 0 Å². The zero-order valence-corrected chi connectivity index (χ0v) is 20.3. The van der Waals surface area contributed by atoms with Crippen LogP contribution in [0.4, 0.5) is 0 Å². The molecule has 2 aromatic rings. The molecule has 3 rings (SSSR count). The minimum absolute atomic E-state index is 0.207. The highest BCUT2D eigenvalue weighted by atomic mass is 32.2. The lowest BCUT2D eigenvalue weighted by molar-refractivity contribution is 0.0601. The van der Waals surface area contributed by atoms with Crippen LogP contribution in [0.5, 0.6) is 0 Å². The van der Waals surface area contributed by atoms with Gasteiger partial charge in [0.1, 0.15) is 0 Å². The first-order valence-electron chi connectivity index (χ1n) is 11.7. The van der Waals surface area contributed by atoms with Crippen molar-refractivity contribution in [1.29, 1.82) is 0 Å². The summed E-state index contributed by atoms with van der Waals surface area (Å²) in [5, 5.41) is 4.09. The average Bonchev–Trinajstić information content (AvgIpc) is 2.79. The summed E-state index contributed by atoms with van der Waals surface area (Å²) in [5.74, 6) is 1.60. The van der Waals surface area contributed by atoms with E-state index in [1.165, 1.54) is 51.2 Å². The Balaban J connectivity index is 1.88. The molecular formula is C27H37NO2S. The summed E-state index contributed by atoms with van der Waals surface area (Å²) in [7, 11) is 1.45. The maximum absolute atomic E-state index is 12.5. The molecule has 0 saturated heterocycles. The Labute approximate surface area is 192 Å². The smallest absolute Gasteiger partial charge is 0.338 e. The maximum atomic E-state index is 12.5. The van der Waals surface area contributed by atoms with Crippen molar-refractivity contribution in [3.8, 4) is 11.1 Å². The number of carbonyl (C=O) groups is 1. The lowest BCUT2D eigenvalue weighted by Crippen LogP contribution is -2.31. The van der Waals surface area contributed by atoms with E-state index >= 15 is 0 Å². The van der Waals surface area contributed by atoms with E-state index in [4.69, 9.17) is 4.74 Å². The van der Waals surface area contributed by atoms with Crippen LogP contribution < -0.4 is 5.32 Å². The number of rotatable bonds is 9. The Morgan fingerprint density at radius 2 is 1.87 bits per heavy atom. The summed E-state index contributed by atoms with van der Waals surface area (Å²) in [6, 6.07) is 14.9. The molecule has 1 fully saturated rings. The second-order valence-corrected chi connectivity index (χ2v) is 10.1. The predicted molar refractivity (Wildman–Crippen MR) is 133 cm³/mol. The normalized spacial score (nSPS) is 16.6. The second kappa shape index (κ2) is 11.7. The molecule has 0 heterocycles. The van der Waals surface area contributed by atoms with Crippen LogP contribution in [0.2, 0.25) is 0 Å². The molecule has 1 N–H and O–H groups in total. The highest BCUT2D eigenvalue weighted by molar-refractivity contribution is 7.99. The third-order valence-corrected chi connectivity index (χ3v) is 7.44. The fourth-order valence-electron chi connectivity index (χ4n) is 4.77. The fourth-order valence-corrected chi connectivity index (χ4v) is 5.77. The van der Waals surface area contributed by atoms with Gasteiger partial charge in [0, 0.05) is 6.04 Å². The van der Waals surface area contributed by atoms with Crippen molar-refractivity contribution >= 4 is 17.7 Å². The van der Waals surface area contributed by atoms with Gasteiger partial charge in [-0.2, -0.15) is 0 Å². The molecule has 1 aliphatic rings. The number of hydrogen-bond acceptors (Lipinski definition) is 4. The molecule has 1 saturated carbocycles. The Morgan fingerprint density at radius 3 is 2.55 bits per heavy atom. The first-order chi connectivity index (χ1) is 15.0. The zero-order chi connectivity index (χ0) is 22.2. The number of hydrogen-bond donors (Lipinski definition) is 1. The van der Waals surface area contributed by atoms with Gasteiger partial charge >= 0.3 is 5.97 Å². The zero-order valence-electron chi connectivity index (χ0n) is 19.4. The maximum Gasteiger partial charge on any atom is 0.338 e. The molecule has 4 heteroatoms. The minimum Gasteiger partial charge on any atom is -0.465 e. The summed E-state index contributed by atoms with van der Waals surface area (Å²) in [6.07, 6.45) is 8.18. The minimum atomic E-state index is -0.289. The van der Waals surface area contributed by atoms with Crippen molar-refractivity contribution in [2.24, 2.45) is 5.92 Å². The predicted octanol–water partition coefficient (Wildman–Crippen LogP) is 7.15. The van der Waals surface area contributed by atoms with Crippen molar-refractivity contribution in [3.05, 3.63) is 59.2 Å². The van der Waals surface area contributed by atoms with Crippen LogP contribution in [0.15, 0.2) is 42.5 Å². The summed E-state index contributed by atoms with van der Waals surface area (Å²) in [6.45, 7) is 6.62. The number of methoxy groups -OCH3 is 1. The third kappa shape index (κ3) is 6.36. The molecule has 168 valence electrons. The number of esters is 1. The highest BCUT2D eigenvalue weighted by Gasteiger charge is 2.22. The number of nitrogens with one attached hydrogen (secondary N) is 1. The highest BCUT2D eigenvalue weighted by Crippen LogP contribution is 2.35. The van der Waals surface area contributed by atoms with Gasteiger partial charge in [-0.1, -0.05) is 69.4 Å². The van der Waals surface area contributed by atoms with Crippen LogP contribution >= 0.6 is 11.8 Å². The molecule has 31 heavy (non-hydrogen) atoms. The van der Waals surface area contributed by atoms with E-state index in [-0.39, 0.29) is 11.3 Å². The van der Waals surface area contributed by atoms with Gasteiger partial charge in [-0.15, -0.1) is 11.8 Å². The largest absolute Gasteiger partial charge is 0.465 e. The van der Waals surface area contributed by atoms with Crippen LogP contribution in [0.25, 0.3) is 11.1 Å². The van der Waals surface area contributed by atoms with Crippen LogP contribution in [-0.4, -0.2) is 24.9 Å². The van der Waals surface area contributed by atoms with E-state index in [0.717, 1.165) is 28.4 Å². The Hall–Kier alpha value is -1.78. The number of benzene rings is 2. The van der Waals surface area contributed by atoms with Crippen LogP contribution in [0.1, 0.15) is 79.2 Å². The molecule has 2 atom stereocenters. The SMILES string of the molecule is CCSC(NC(C)CC1CCCCC1)c1ccc(C(=O)OC)c(-c2ccccc2C)c1. The van der Waals surface area contributed by atoms with E-state index in [1.54, 1.807) is 0 Å². The van der Waals surface area contributed by atoms with Gasteiger partial charge in [0.25, 0.3) is 0 Å². The lowest BCUT2D eigenvalue weighted by atomic mass is 9.85. The molecule has 0 aliphatic heterocycles. The number of thioether (sulfide) groups is 1. The molecule has 2 unspecified atom stereocenters. The first kappa shape index (κ1) is 23.9. The summed E-state index contributed by atoms with van der Waals surface area (Å²) >= 11 is 1.92. The van der Waals surface area contributed by atoms with E-state index in [0.29, 0.717) is 11.6 Å². The first-order valence-corrected chi connectivity index (χ1v) is 12.7. The topological polar surface area (TPSA) is 38.3 Å². The van der Waals surface area contributed by atoms with Gasteiger partial charge < -0.3 is 4.74 Å². The molecule has 0 radical (unpaired) electrons. The number of ether oxygens (including phenoxy) is 1. The van der Waals surface area contributed by atoms with E-state index in [1.807, 2.05) is 30.0 Å². The van der Waals surface area contributed by atoms with Gasteiger partial charge in [-0.3, -0.25) is 5.32 Å². The molecule has 3 nitrogen and oxygen atoms in total. The summed E-state index contributed by atoms with van der Waals surface area (Å²) in [5.41, 5.74) is 5.03. The monoisotopic (exact) mass is 439 g/mol. The van der Waals surface area contributed by atoms with Gasteiger partial charge in [0.2, 0.25) is 0 Å². The molecule has 0 aromatic heterocycles. The van der Waals surface area contributed by atoms with Crippen molar-refractivity contribution in [2.45, 2.75) is 70.7 Å². The van der Waals surface area contributed by atoms with Crippen molar-refractivity contribution < 1.29 is 9.53 Å². The average molecular weight is 440 g/mol. The van der Waals surface area contributed by atoms with Crippen LogP contribution in [0.3, 0.4) is 0 Å². The summed E-state index contributed by atoms with van der Waals surface area (Å²) < 4.78 is 5.08. The van der Waals surface area contributed by atoms with Gasteiger partial charge in [0.05, 0.1) is 18.0 Å². The Bertz CT molecular complexity index is 860. The van der Waals surface area contributed by atoms with Crippen molar-refractivity contribution in [2.75, 3.05) is 12.9 Å². The third-order valence-electron chi connectivity index (χ3n) is 6.37. The van der Waals surface area contributed by atoms with Gasteiger partial charge in [-0.25, -0.2) is 4.79 Å².